The lowest BCUT2D eigenvalue weighted by molar-refractivity contribution is 1.38. The zero-order valence-corrected chi connectivity index (χ0v) is 12.7. The van der Waals surface area contributed by atoms with Crippen LogP contribution >= 0.6 is 8.19 Å². The van der Waals surface area contributed by atoms with Crippen LogP contribution in [0.3, 0.4) is 0 Å². The van der Waals surface area contributed by atoms with E-state index in [1.807, 2.05) is 0 Å². The molecule has 3 rings (SSSR count). The first-order chi connectivity index (χ1) is 9.72. The van der Waals surface area contributed by atoms with E-state index in [-0.39, 0.29) is 0 Å². The number of rotatable bonds is 2. The van der Waals surface area contributed by atoms with Crippen molar-refractivity contribution in [3.05, 3.63) is 76.6 Å². The summed E-state index contributed by atoms with van der Waals surface area (Å²) in [4.78, 5) is 0. The van der Waals surface area contributed by atoms with E-state index < -0.39 is 0 Å². The van der Waals surface area contributed by atoms with Crippen LogP contribution in [0.25, 0.3) is 22.7 Å². The van der Waals surface area contributed by atoms with Crippen LogP contribution in [-0.2, 0) is 0 Å². The van der Waals surface area contributed by atoms with E-state index in [4.69, 9.17) is 0 Å². The van der Waals surface area contributed by atoms with Crippen LogP contribution in [0.15, 0.2) is 54.6 Å². The summed E-state index contributed by atoms with van der Waals surface area (Å²) in [5.74, 6) is 0. The molecule has 0 aliphatic heterocycles. The predicted molar refractivity (Wildman–Crippen MR) is 91.3 cm³/mol. The van der Waals surface area contributed by atoms with Gasteiger partial charge in [0.15, 0.2) is 0 Å². The molecule has 20 heavy (non-hydrogen) atoms. The standard InChI is InChI=1S/C19H17P/c1-14-7-8-15(2)17(13-14)10-12-18-11-9-16-5-3-4-6-19(16)20-18/h3-13H,1-2H3/b12-10+. The normalized spacial score (nSPS) is 11.7. The van der Waals surface area contributed by atoms with Crippen LogP contribution in [0.2, 0.25) is 0 Å². The predicted octanol–water partition coefficient (Wildman–Crippen LogP) is 6.21. The maximum Gasteiger partial charge on any atom is 0.00959 e. The maximum atomic E-state index is 2.24. The third kappa shape index (κ3) is 2.81. The van der Waals surface area contributed by atoms with Gasteiger partial charge in [-0.2, -0.15) is 0 Å². The molecule has 0 amide bonds. The number of fused-ring (bicyclic) bond motifs is 1. The first-order valence-corrected chi connectivity index (χ1v) is 7.73. The highest BCUT2D eigenvalue weighted by Crippen LogP contribution is 2.28. The average molecular weight is 276 g/mol. The lowest BCUT2D eigenvalue weighted by Gasteiger charge is -2.02. The minimum absolute atomic E-state index is 1.29. The van der Waals surface area contributed by atoms with Crippen molar-refractivity contribution in [1.82, 2.24) is 0 Å². The molecule has 0 aliphatic rings. The highest BCUT2D eigenvalue weighted by Gasteiger charge is 1.96. The van der Waals surface area contributed by atoms with Crippen molar-refractivity contribution in [2.75, 3.05) is 0 Å². The van der Waals surface area contributed by atoms with Gasteiger partial charge in [0, 0.05) is 10.4 Å². The third-order valence-corrected chi connectivity index (χ3v) is 4.69. The Bertz CT molecular complexity index is 785. The summed E-state index contributed by atoms with van der Waals surface area (Å²) in [6, 6.07) is 19.6. The Labute approximate surface area is 121 Å². The fourth-order valence-electron chi connectivity index (χ4n) is 2.29. The second-order valence-electron chi connectivity index (χ2n) is 5.12. The summed E-state index contributed by atoms with van der Waals surface area (Å²) < 4.78 is 0. The minimum atomic E-state index is 1.29. The van der Waals surface area contributed by atoms with Gasteiger partial charge in [-0.05, 0) is 48.6 Å². The highest BCUT2D eigenvalue weighted by molar-refractivity contribution is 7.38. The van der Waals surface area contributed by atoms with Crippen molar-refractivity contribution < 1.29 is 0 Å². The van der Waals surface area contributed by atoms with E-state index in [1.165, 1.54) is 40.7 Å². The molecule has 1 aromatic heterocycles. The van der Waals surface area contributed by atoms with Crippen molar-refractivity contribution in [3.63, 3.8) is 0 Å². The largest absolute Gasteiger partial charge is 0.0616 e. The summed E-state index contributed by atoms with van der Waals surface area (Å²) in [6.45, 7) is 4.30. The van der Waals surface area contributed by atoms with Crippen molar-refractivity contribution >= 4 is 30.8 Å². The van der Waals surface area contributed by atoms with E-state index in [1.54, 1.807) is 0 Å². The monoisotopic (exact) mass is 276 g/mol. The second-order valence-corrected chi connectivity index (χ2v) is 6.34. The SMILES string of the molecule is Cc1ccc(C)c(/C=C/c2ccc3ccccc3p2)c1. The van der Waals surface area contributed by atoms with E-state index in [2.05, 4.69) is 80.6 Å². The molecule has 1 heteroatoms. The molecule has 0 saturated heterocycles. The molecule has 0 saturated carbocycles. The first kappa shape index (κ1) is 13.1. The number of hydrogen-bond donors (Lipinski definition) is 0. The summed E-state index contributed by atoms with van der Waals surface area (Å²) >= 11 is 0. The first-order valence-electron chi connectivity index (χ1n) is 6.83. The van der Waals surface area contributed by atoms with Gasteiger partial charge in [-0.15, -0.1) is 0 Å². The molecule has 0 fully saturated rings. The van der Waals surface area contributed by atoms with Gasteiger partial charge < -0.3 is 0 Å². The fourth-order valence-corrected chi connectivity index (χ4v) is 3.30. The Hall–Kier alpha value is -1.91. The van der Waals surface area contributed by atoms with Crippen molar-refractivity contribution in [1.29, 1.82) is 0 Å². The summed E-state index contributed by atoms with van der Waals surface area (Å²) in [5, 5.41) is 4.05. The van der Waals surface area contributed by atoms with Gasteiger partial charge in [-0.3, -0.25) is 0 Å². The molecular weight excluding hydrogens is 259 g/mol. The quantitative estimate of drug-likeness (QED) is 0.522. The molecular formula is C19H17P. The minimum Gasteiger partial charge on any atom is -0.0616 e. The van der Waals surface area contributed by atoms with Crippen LogP contribution < -0.4 is 0 Å². The molecule has 2 aromatic carbocycles. The molecule has 0 spiro atoms. The van der Waals surface area contributed by atoms with Gasteiger partial charge in [0.2, 0.25) is 0 Å². The molecule has 0 unspecified atom stereocenters. The fraction of sp³-hybridized carbons (Fsp3) is 0.105. The lowest BCUT2D eigenvalue weighted by atomic mass is 10.1. The van der Waals surface area contributed by atoms with Crippen LogP contribution in [0.1, 0.15) is 22.0 Å². The molecule has 0 radical (unpaired) electrons. The van der Waals surface area contributed by atoms with E-state index in [0.717, 1.165) is 0 Å². The number of hydrogen-bond acceptors (Lipinski definition) is 0. The van der Waals surface area contributed by atoms with Gasteiger partial charge in [-0.1, -0.05) is 62.3 Å². The van der Waals surface area contributed by atoms with E-state index in [9.17, 15) is 0 Å². The number of benzene rings is 2. The van der Waals surface area contributed by atoms with E-state index in [0.29, 0.717) is 0 Å². The Morgan fingerprint density at radius 3 is 2.60 bits per heavy atom. The Kier molecular flexibility index (Phi) is 3.67. The Morgan fingerprint density at radius 1 is 0.850 bits per heavy atom. The van der Waals surface area contributed by atoms with Crippen molar-refractivity contribution in [3.8, 4) is 0 Å². The molecule has 1 heterocycles. The Morgan fingerprint density at radius 2 is 1.70 bits per heavy atom. The van der Waals surface area contributed by atoms with Crippen LogP contribution in [-0.4, -0.2) is 0 Å². The summed E-state index contributed by atoms with van der Waals surface area (Å²) in [5.41, 5.74) is 3.94. The molecule has 0 atom stereocenters. The summed E-state index contributed by atoms with van der Waals surface area (Å²) in [6.07, 6.45) is 4.46. The van der Waals surface area contributed by atoms with E-state index >= 15 is 0 Å². The molecule has 0 bridgehead atoms. The van der Waals surface area contributed by atoms with Gasteiger partial charge in [0.25, 0.3) is 0 Å². The second kappa shape index (κ2) is 5.61. The van der Waals surface area contributed by atoms with Gasteiger partial charge in [0.05, 0.1) is 0 Å². The Balaban J connectivity index is 1.96. The number of aryl methyl sites for hydroxylation is 2. The topological polar surface area (TPSA) is 0 Å². The lowest BCUT2D eigenvalue weighted by Crippen LogP contribution is -1.81. The molecule has 0 aliphatic carbocycles. The molecule has 98 valence electrons. The zero-order chi connectivity index (χ0) is 13.9. The van der Waals surface area contributed by atoms with Gasteiger partial charge in [-0.25, -0.2) is 0 Å². The average Bonchev–Trinajstić information content (AvgIpc) is 2.48. The third-order valence-electron chi connectivity index (χ3n) is 3.49. The molecule has 0 N–H and O–H groups in total. The van der Waals surface area contributed by atoms with Crippen LogP contribution in [0.5, 0.6) is 0 Å². The highest BCUT2D eigenvalue weighted by atomic mass is 31.0. The van der Waals surface area contributed by atoms with Crippen molar-refractivity contribution in [2.24, 2.45) is 0 Å². The van der Waals surface area contributed by atoms with Crippen LogP contribution in [0.4, 0.5) is 0 Å². The van der Waals surface area contributed by atoms with Gasteiger partial charge >= 0.3 is 0 Å². The van der Waals surface area contributed by atoms with Crippen LogP contribution in [0, 0.1) is 13.8 Å². The zero-order valence-electron chi connectivity index (χ0n) is 11.8. The van der Waals surface area contributed by atoms with Gasteiger partial charge in [0.1, 0.15) is 0 Å². The molecule has 0 nitrogen and oxygen atoms in total. The van der Waals surface area contributed by atoms with Crippen molar-refractivity contribution in [2.45, 2.75) is 13.8 Å². The molecule has 3 aromatic rings. The maximum absolute atomic E-state index is 2.24. The summed E-state index contributed by atoms with van der Waals surface area (Å²) in [7, 11) is 1.29. The smallest absolute Gasteiger partial charge is 0.00959 e.